The predicted molar refractivity (Wildman–Crippen MR) is 73.8 cm³/mol. The molecule has 0 aliphatic heterocycles. The molecule has 94 valence electrons. The Kier molecular flexibility index (Phi) is 4.44. The van der Waals surface area contributed by atoms with Gasteiger partial charge in [0.05, 0.1) is 0 Å². The first-order valence-electron chi connectivity index (χ1n) is 5.72. The molecule has 1 atom stereocenters. The van der Waals surface area contributed by atoms with E-state index in [1.165, 1.54) is 11.6 Å². The molecule has 2 rings (SSSR count). The molecule has 2 nitrogen and oxygen atoms in total. The van der Waals surface area contributed by atoms with Gasteiger partial charge >= 0.3 is 0 Å². The molecule has 0 aliphatic carbocycles. The number of hydrogen-bond acceptors (Lipinski definition) is 2. The summed E-state index contributed by atoms with van der Waals surface area (Å²) in [7, 11) is 1.88. The summed E-state index contributed by atoms with van der Waals surface area (Å²) >= 11 is 3.47. The van der Waals surface area contributed by atoms with E-state index in [0.717, 1.165) is 16.5 Å². The molecule has 0 fully saturated rings. The van der Waals surface area contributed by atoms with Gasteiger partial charge < -0.3 is 5.32 Å². The maximum Gasteiger partial charge on any atom is 0.123 e. The van der Waals surface area contributed by atoms with Crippen LogP contribution in [0.3, 0.4) is 0 Å². The van der Waals surface area contributed by atoms with Crippen LogP contribution in [-0.2, 0) is 6.42 Å². The summed E-state index contributed by atoms with van der Waals surface area (Å²) in [6, 6.07) is 8.76. The number of nitrogens with zero attached hydrogens (tertiary/aromatic N) is 1. The highest BCUT2D eigenvalue weighted by atomic mass is 79.9. The molecular weight excluding hydrogens is 295 g/mol. The van der Waals surface area contributed by atoms with Gasteiger partial charge in [0.25, 0.3) is 0 Å². The molecule has 1 unspecified atom stereocenters. The topological polar surface area (TPSA) is 24.9 Å². The molecule has 0 radical (unpaired) electrons. The summed E-state index contributed by atoms with van der Waals surface area (Å²) < 4.78 is 14.2. The van der Waals surface area contributed by atoms with Crippen molar-refractivity contribution in [3.05, 3.63) is 64.1 Å². The Morgan fingerprint density at radius 2 is 2.00 bits per heavy atom. The van der Waals surface area contributed by atoms with Crippen molar-refractivity contribution in [2.24, 2.45) is 0 Å². The van der Waals surface area contributed by atoms with Crippen LogP contribution in [0.2, 0.25) is 0 Å². The molecule has 2 aromatic rings. The van der Waals surface area contributed by atoms with Crippen molar-refractivity contribution < 1.29 is 4.39 Å². The van der Waals surface area contributed by atoms with Crippen LogP contribution in [0.4, 0.5) is 4.39 Å². The number of aromatic nitrogens is 1. The van der Waals surface area contributed by atoms with Crippen LogP contribution in [0.15, 0.2) is 47.2 Å². The standard InChI is InChI=1S/C14H14BrFN2/c1-17-14(8-10-4-6-18-7-5-10)12-9-11(16)2-3-13(12)15/h2-7,9,14,17H,8H2,1H3. The van der Waals surface area contributed by atoms with Gasteiger partial charge in [-0.3, -0.25) is 4.98 Å². The number of nitrogens with one attached hydrogen (secondary N) is 1. The fourth-order valence-electron chi connectivity index (χ4n) is 1.90. The SMILES string of the molecule is CNC(Cc1ccncc1)c1cc(F)ccc1Br. The van der Waals surface area contributed by atoms with Crippen molar-refractivity contribution in [2.75, 3.05) is 7.05 Å². The first-order chi connectivity index (χ1) is 8.70. The van der Waals surface area contributed by atoms with E-state index in [-0.39, 0.29) is 11.9 Å². The minimum absolute atomic E-state index is 0.0671. The average Bonchev–Trinajstić information content (AvgIpc) is 2.40. The lowest BCUT2D eigenvalue weighted by Crippen LogP contribution is -2.19. The molecule has 0 aliphatic rings. The van der Waals surface area contributed by atoms with Crippen molar-refractivity contribution >= 4 is 15.9 Å². The van der Waals surface area contributed by atoms with Gasteiger partial charge in [0.15, 0.2) is 0 Å². The number of likely N-dealkylation sites (N-methyl/N-ethyl adjacent to an activating group) is 1. The van der Waals surface area contributed by atoms with Crippen LogP contribution in [0, 0.1) is 5.82 Å². The molecule has 1 heterocycles. The van der Waals surface area contributed by atoms with Crippen LogP contribution in [0.5, 0.6) is 0 Å². The zero-order chi connectivity index (χ0) is 13.0. The smallest absolute Gasteiger partial charge is 0.123 e. The molecule has 0 saturated heterocycles. The third-order valence-electron chi connectivity index (χ3n) is 2.87. The van der Waals surface area contributed by atoms with E-state index in [1.807, 2.05) is 19.2 Å². The third-order valence-corrected chi connectivity index (χ3v) is 3.59. The summed E-state index contributed by atoms with van der Waals surface area (Å²) in [5.41, 5.74) is 2.09. The molecule has 1 aromatic heterocycles. The van der Waals surface area contributed by atoms with Gasteiger partial charge in [-0.1, -0.05) is 15.9 Å². The second-order valence-corrected chi connectivity index (χ2v) is 4.92. The number of pyridine rings is 1. The lowest BCUT2D eigenvalue weighted by Gasteiger charge is -2.18. The van der Waals surface area contributed by atoms with Gasteiger partial charge in [0, 0.05) is 22.9 Å². The molecule has 0 amide bonds. The van der Waals surface area contributed by atoms with Gasteiger partial charge in [-0.05, 0) is 54.9 Å². The van der Waals surface area contributed by atoms with Crippen molar-refractivity contribution in [3.8, 4) is 0 Å². The summed E-state index contributed by atoms with van der Waals surface area (Å²) in [4.78, 5) is 3.99. The van der Waals surface area contributed by atoms with Crippen LogP contribution in [0.1, 0.15) is 17.2 Å². The molecule has 4 heteroatoms. The summed E-state index contributed by atoms with van der Waals surface area (Å²) in [6.07, 6.45) is 4.33. The third kappa shape index (κ3) is 3.15. The summed E-state index contributed by atoms with van der Waals surface area (Å²) in [5.74, 6) is -0.219. The fraction of sp³-hybridized carbons (Fsp3) is 0.214. The van der Waals surface area contributed by atoms with Crippen LogP contribution < -0.4 is 5.32 Å². The normalized spacial score (nSPS) is 12.4. The van der Waals surface area contributed by atoms with E-state index in [1.54, 1.807) is 24.5 Å². The molecule has 1 aromatic carbocycles. The largest absolute Gasteiger partial charge is 0.313 e. The Hall–Kier alpha value is -1.26. The second-order valence-electron chi connectivity index (χ2n) is 4.07. The monoisotopic (exact) mass is 308 g/mol. The van der Waals surface area contributed by atoms with E-state index in [9.17, 15) is 4.39 Å². The maximum absolute atomic E-state index is 13.3. The minimum Gasteiger partial charge on any atom is -0.313 e. The average molecular weight is 309 g/mol. The predicted octanol–water partition coefficient (Wildman–Crippen LogP) is 3.49. The Labute approximate surface area is 114 Å². The van der Waals surface area contributed by atoms with Crippen molar-refractivity contribution in [3.63, 3.8) is 0 Å². The van der Waals surface area contributed by atoms with E-state index in [4.69, 9.17) is 0 Å². The molecular formula is C14H14BrFN2. The summed E-state index contributed by atoms with van der Waals surface area (Å²) in [5, 5.41) is 3.22. The van der Waals surface area contributed by atoms with Crippen molar-refractivity contribution in [2.45, 2.75) is 12.5 Å². The molecule has 0 saturated carbocycles. The molecule has 0 bridgehead atoms. The van der Waals surface area contributed by atoms with Gasteiger partial charge in [-0.2, -0.15) is 0 Å². The van der Waals surface area contributed by atoms with Gasteiger partial charge in [0.1, 0.15) is 5.82 Å². The van der Waals surface area contributed by atoms with E-state index < -0.39 is 0 Å². The van der Waals surface area contributed by atoms with Crippen LogP contribution in [0.25, 0.3) is 0 Å². The first kappa shape index (κ1) is 13.2. The lowest BCUT2D eigenvalue weighted by atomic mass is 9.99. The highest BCUT2D eigenvalue weighted by Gasteiger charge is 2.14. The van der Waals surface area contributed by atoms with E-state index >= 15 is 0 Å². The molecule has 18 heavy (non-hydrogen) atoms. The fourth-order valence-corrected chi connectivity index (χ4v) is 2.43. The number of halogens is 2. The van der Waals surface area contributed by atoms with Gasteiger partial charge in [-0.25, -0.2) is 4.39 Å². The number of benzene rings is 1. The summed E-state index contributed by atoms with van der Waals surface area (Å²) in [6.45, 7) is 0. The zero-order valence-corrected chi connectivity index (χ0v) is 11.6. The molecule has 0 spiro atoms. The Morgan fingerprint density at radius 1 is 1.28 bits per heavy atom. The second kappa shape index (κ2) is 6.07. The highest BCUT2D eigenvalue weighted by molar-refractivity contribution is 9.10. The first-order valence-corrected chi connectivity index (χ1v) is 6.51. The van der Waals surface area contributed by atoms with Gasteiger partial charge in [0.2, 0.25) is 0 Å². The Morgan fingerprint density at radius 3 is 2.67 bits per heavy atom. The zero-order valence-electron chi connectivity index (χ0n) is 10.0. The Bertz CT molecular complexity index is 516. The number of rotatable bonds is 4. The van der Waals surface area contributed by atoms with Crippen LogP contribution >= 0.6 is 15.9 Å². The molecule has 1 N–H and O–H groups in total. The maximum atomic E-state index is 13.3. The van der Waals surface area contributed by atoms with E-state index in [2.05, 4.69) is 26.2 Å². The van der Waals surface area contributed by atoms with Gasteiger partial charge in [-0.15, -0.1) is 0 Å². The Balaban J connectivity index is 2.26. The van der Waals surface area contributed by atoms with Crippen molar-refractivity contribution in [1.82, 2.24) is 10.3 Å². The number of hydrogen-bond donors (Lipinski definition) is 1. The lowest BCUT2D eigenvalue weighted by molar-refractivity contribution is 0.575. The van der Waals surface area contributed by atoms with E-state index in [0.29, 0.717) is 0 Å². The highest BCUT2D eigenvalue weighted by Crippen LogP contribution is 2.26. The van der Waals surface area contributed by atoms with Crippen LogP contribution in [-0.4, -0.2) is 12.0 Å². The quantitative estimate of drug-likeness (QED) is 0.935. The van der Waals surface area contributed by atoms with Crippen molar-refractivity contribution in [1.29, 1.82) is 0 Å². The minimum atomic E-state index is -0.219.